The summed E-state index contributed by atoms with van der Waals surface area (Å²) in [5.41, 5.74) is 1.99. The van der Waals surface area contributed by atoms with E-state index in [9.17, 15) is 9.59 Å². The van der Waals surface area contributed by atoms with Gasteiger partial charge in [-0.3, -0.25) is 14.5 Å². The van der Waals surface area contributed by atoms with Gasteiger partial charge in [-0.25, -0.2) is 0 Å². The van der Waals surface area contributed by atoms with Crippen LogP contribution in [-0.4, -0.2) is 37.5 Å². The molecule has 27 heavy (non-hydrogen) atoms. The molecule has 1 saturated heterocycles. The first kappa shape index (κ1) is 19.2. The van der Waals surface area contributed by atoms with E-state index in [0.29, 0.717) is 35.9 Å². The predicted octanol–water partition coefficient (Wildman–Crippen LogP) is 3.52. The van der Waals surface area contributed by atoms with Crippen LogP contribution in [-0.2, 0) is 22.4 Å². The lowest BCUT2D eigenvalue weighted by Gasteiger charge is -2.16. The first-order valence-electron chi connectivity index (χ1n) is 8.81. The van der Waals surface area contributed by atoms with Gasteiger partial charge in [-0.1, -0.05) is 29.8 Å². The second-order valence-electron chi connectivity index (χ2n) is 6.55. The summed E-state index contributed by atoms with van der Waals surface area (Å²) in [5.74, 6) is 0.770. The Morgan fingerprint density at radius 3 is 2.33 bits per heavy atom. The predicted molar refractivity (Wildman–Crippen MR) is 103 cm³/mol. The molecule has 0 saturated carbocycles. The number of likely N-dealkylation sites (tertiary alicyclic amines) is 1. The molecular weight excluding hydrogens is 366 g/mol. The van der Waals surface area contributed by atoms with E-state index >= 15 is 0 Å². The van der Waals surface area contributed by atoms with Crippen molar-refractivity contribution in [2.45, 2.75) is 19.3 Å². The third-order valence-electron chi connectivity index (χ3n) is 4.80. The number of benzene rings is 2. The first-order chi connectivity index (χ1) is 13.0. The molecule has 2 aromatic carbocycles. The topological polar surface area (TPSA) is 55.8 Å². The fourth-order valence-electron chi connectivity index (χ4n) is 3.33. The van der Waals surface area contributed by atoms with Crippen LogP contribution >= 0.6 is 11.6 Å². The smallest absolute Gasteiger partial charge is 0.233 e. The van der Waals surface area contributed by atoms with E-state index < -0.39 is 0 Å². The van der Waals surface area contributed by atoms with Crippen LogP contribution in [0.25, 0.3) is 0 Å². The largest absolute Gasteiger partial charge is 0.493 e. The van der Waals surface area contributed by atoms with Gasteiger partial charge in [-0.05, 0) is 48.2 Å². The van der Waals surface area contributed by atoms with Gasteiger partial charge in [-0.15, -0.1) is 0 Å². The number of hydrogen-bond acceptors (Lipinski definition) is 4. The molecule has 1 aliphatic rings. The minimum Gasteiger partial charge on any atom is -0.493 e. The highest BCUT2D eigenvalue weighted by molar-refractivity contribution is 6.30. The number of halogens is 1. The Hall–Kier alpha value is -2.53. The molecule has 142 valence electrons. The highest BCUT2D eigenvalue weighted by Gasteiger charge is 2.37. The van der Waals surface area contributed by atoms with Crippen molar-refractivity contribution in [1.29, 1.82) is 0 Å². The third-order valence-corrected chi connectivity index (χ3v) is 5.06. The molecule has 3 rings (SSSR count). The molecule has 0 bridgehead atoms. The maximum absolute atomic E-state index is 12.7. The summed E-state index contributed by atoms with van der Waals surface area (Å²) in [6, 6.07) is 13.0. The van der Waals surface area contributed by atoms with Gasteiger partial charge >= 0.3 is 0 Å². The van der Waals surface area contributed by atoms with Crippen molar-refractivity contribution in [2.75, 3.05) is 20.8 Å². The Morgan fingerprint density at radius 1 is 1.00 bits per heavy atom. The Morgan fingerprint density at radius 2 is 1.67 bits per heavy atom. The molecule has 0 aromatic heterocycles. The zero-order chi connectivity index (χ0) is 19.4. The average Bonchev–Trinajstić information content (AvgIpc) is 2.94. The first-order valence-corrected chi connectivity index (χ1v) is 9.19. The van der Waals surface area contributed by atoms with Crippen LogP contribution in [0.15, 0.2) is 42.5 Å². The number of ether oxygens (including phenoxy) is 2. The fourth-order valence-corrected chi connectivity index (χ4v) is 3.45. The molecule has 1 unspecified atom stereocenters. The summed E-state index contributed by atoms with van der Waals surface area (Å²) in [5, 5.41) is 0.657. The molecule has 5 nitrogen and oxygen atoms in total. The van der Waals surface area contributed by atoms with Gasteiger partial charge in [0.2, 0.25) is 11.8 Å². The van der Waals surface area contributed by atoms with E-state index in [1.54, 1.807) is 26.4 Å². The number of nitrogens with zero attached hydrogens (tertiary/aromatic N) is 1. The molecular formula is C21H22ClNO4. The van der Waals surface area contributed by atoms with Crippen molar-refractivity contribution in [2.24, 2.45) is 5.92 Å². The van der Waals surface area contributed by atoms with E-state index in [2.05, 4.69) is 0 Å². The van der Waals surface area contributed by atoms with Gasteiger partial charge in [-0.2, -0.15) is 0 Å². The maximum Gasteiger partial charge on any atom is 0.233 e. The summed E-state index contributed by atoms with van der Waals surface area (Å²) in [4.78, 5) is 26.4. The molecule has 1 atom stereocenters. The standard InChI is InChI=1S/C21H22ClNO4/c1-26-18-8-5-15(12-19(18)27-2)9-10-23-20(24)13-16(21(23)25)11-14-3-6-17(22)7-4-14/h3-8,12,16H,9-11,13H2,1-2H3. The molecule has 0 N–H and O–H groups in total. The number of imide groups is 1. The summed E-state index contributed by atoms with van der Waals surface area (Å²) >= 11 is 5.90. The van der Waals surface area contributed by atoms with E-state index in [4.69, 9.17) is 21.1 Å². The van der Waals surface area contributed by atoms with Crippen LogP contribution in [0, 0.1) is 5.92 Å². The van der Waals surface area contributed by atoms with Crippen LogP contribution in [0.5, 0.6) is 11.5 Å². The second-order valence-corrected chi connectivity index (χ2v) is 6.99. The molecule has 1 aliphatic heterocycles. The molecule has 2 amide bonds. The number of rotatable bonds is 7. The van der Waals surface area contributed by atoms with Gasteiger partial charge in [0.1, 0.15) is 0 Å². The number of carbonyl (C=O) groups is 2. The number of carbonyl (C=O) groups excluding carboxylic acids is 2. The molecule has 2 aromatic rings. The van der Waals surface area contributed by atoms with Gasteiger partial charge in [0.15, 0.2) is 11.5 Å². The van der Waals surface area contributed by atoms with Crippen LogP contribution in [0.2, 0.25) is 5.02 Å². The van der Waals surface area contributed by atoms with Crippen molar-refractivity contribution in [3.8, 4) is 11.5 Å². The lowest BCUT2D eigenvalue weighted by molar-refractivity contribution is -0.139. The monoisotopic (exact) mass is 387 g/mol. The third kappa shape index (κ3) is 4.42. The van der Waals surface area contributed by atoms with Gasteiger partial charge in [0, 0.05) is 18.0 Å². The van der Waals surface area contributed by atoms with Crippen LogP contribution in [0.4, 0.5) is 0 Å². The molecule has 0 spiro atoms. The average molecular weight is 388 g/mol. The van der Waals surface area contributed by atoms with Gasteiger partial charge in [0.25, 0.3) is 0 Å². The van der Waals surface area contributed by atoms with Crippen molar-refractivity contribution in [3.05, 3.63) is 58.6 Å². The van der Waals surface area contributed by atoms with Crippen molar-refractivity contribution >= 4 is 23.4 Å². The number of methoxy groups -OCH3 is 2. The van der Waals surface area contributed by atoms with Crippen molar-refractivity contribution in [3.63, 3.8) is 0 Å². The van der Waals surface area contributed by atoms with Crippen LogP contribution < -0.4 is 9.47 Å². The zero-order valence-electron chi connectivity index (χ0n) is 15.4. The van der Waals surface area contributed by atoms with Gasteiger partial charge in [0.05, 0.1) is 20.1 Å². The van der Waals surface area contributed by atoms with E-state index in [1.165, 1.54) is 4.90 Å². The number of hydrogen-bond donors (Lipinski definition) is 0. The highest BCUT2D eigenvalue weighted by atomic mass is 35.5. The van der Waals surface area contributed by atoms with E-state index in [0.717, 1.165) is 11.1 Å². The maximum atomic E-state index is 12.7. The zero-order valence-corrected chi connectivity index (χ0v) is 16.2. The van der Waals surface area contributed by atoms with E-state index in [-0.39, 0.29) is 24.2 Å². The van der Waals surface area contributed by atoms with Crippen molar-refractivity contribution < 1.29 is 19.1 Å². The Kier molecular flexibility index (Phi) is 6.01. The normalized spacial score (nSPS) is 16.7. The summed E-state index contributed by atoms with van der Waals surface area (Å²) in [6.07, 6.45) is 1.38. The summed E-state index contributed by atoms with van der Waals surface area (Å²) < 4.78 is 10.5. The number of amides is 2. The lowest BCUT2D eigenvalue weighted by atomic mass is 9.98. The SMILES string of the molecule is COc1ccc(CCN2C(=O)CC(Cc3ccc(Cl)cc3)C2=O)cc1OC. The minimum absolute atomic E-state index is 0.101. The van der Waals surface area contributed by atoms with Crippen LogP contribution in [0.1, 0.15) is 17.5 Å². The fraction of sp³-hybridized carbons (Fsp3) is 0.333. The Labute approximate surface area is 163 Å². The van der Waals surface area contributed by atoms with Crippen molar-refractivity contribution in [1.82, 2.24) is 4.90 Å². The molecule has 0 aliphatic carbocycles. The molecule has 0 radical (unpaired) electrons. The Bertz CT molecular complexity index is 835. The molecule has 6 heteroatoms. The minimum atomic E-state index is -0.302. The second kappa shape index (κ2) is 8.44. The van der Waals surface area contributed by atoms with Crippen LogP contribution in [0.3, 0.4) is 0 Å². The highest BCUT2D eigenvalue weighted by Crippen LogP contribution is 2.29. The lowest BCUT2D eigenvalue weighted by Crippen LogP contribution is -2.33. The summed E-state index contributed by atoms with van der Waals surface area (Å²) in [7, 11) is 3.16. The molecule has 1 fully saturated rings. The Balaban J connectivity index is 1.63. The summed E-state index contributed by atoms with van der Waals surface area (Å²) in [6.45, 7) is 0.365. The van der Waals surface area contributed by atoms with E-state index in [1.807, 2.05) is 30.3 Å². The quantitative estimate of drug-likeness (QED) is 0.682. The van der Waals surface area contributed by atoms with Gasteiger partial charge < -0.3 is 9.47 Å². The molecule has 1 heterocycles.